The third-order valence-corrected chi connectivity index (χ3v) is 7.30. The maximum Gasteiger partial charge on any atom is 0.294 e. The number of pyridine rings is 1. The van der Waals surface area contributed by atoms with Gasteiger partial charge in [-0.15, -0.1) is 4.99 Å². The van der Waals surface area contributed by atoms with Crippen molar-refractivity contribution in [3.63, 3.8) is 0 Å². The van der Waals surface area contributed by atoms with Crippen LogP contribution in [0.4, 0.5) is 5.69 Å². The van der Waals surface area contributed by atoms with Gasteiger partial charge in [0.15, 0.2) is 5.71 Å². The Hall–Kier alpha value is -2.78. The van der Waals surface area contributed by atoms with Gasteiger partial charge in [-0.05, 0) is 82.2 Å². The molecule has 0 atom stereocenters. The molecule has 2 aliphatic heterocycles. The Labute approximate surface area is 197 Å². The third-order valence-electron chi connectivity index (χ3n) is 7.30. The Balaban J connectivity index is 1.67. The number of hydrogen-bond acceptors (Lipinski definition) is 4. The van der Waals surface area contributed by atoms with E-state index in [4.69, 9.17) is 11.6 Å². The molecule has 0 spiro atoms. The number of anilines is 1. The number of likely N-dealkylation sites (tertiary alicyclic amines) is 1. The molecule has 4 rings (SSSR count). The van der Waals surface area contributed by atoms with Crippen LogP contribution in [0.15, 0.2) is 35.1 Å². The molecule has 1 aromatic heterocycles. The van der Waals surface area contributed by atoms with Gasteiger partial charge in [-0.2, -0.15) is 0 Å². The van der Waals surface area contributed by atoms with Gasteiger partial charge >= 0.3 is 0 Å². The topological polar surface area (TPSA) is 62.0 Å². The summed E-state index contributed by atoms with van der Waals surface area (Å²) >= 11 is 0. The molecule has 1 aliphatic carbocycles. The second-order valence-corrected chi connectivity index (χ2v) is 10.7. The first-order valence-corrected chi connectivity index (χ1v) is 12.1. The number of rotatable bonds is 5. The highest BCUT2D eigenvalue weighted by atomic mass is 16.1. The molecular formula is C27H35N5O. The van der Waals surface area contributed by atoms with Gasteiger partial charge in [0.25, 0.3) is 11.7 Å². The van der Waals surface area contributed by atoms with Crippen molar-refractivity contribution in [3.05, 3.63) is 52.9 Å². The summed E-state index contributed by atoms with van der Waals surface area (Å²) < 4.78 is 0. The van der Waals surface area contributed by atoms with Crippen LogP contribution in [-0.2, 0) is 10.3 Å². The Bertz CT molecular complexity index is 1060. The summed E-state index contributed by atoms with van der Waals surface area (Å²) in [6.45, 7) is 18.4. The fourth-order valence-corrected chi connectivity index (χ4v) is 4.88. The van der Waals surface area contributed by atoms with Gasteiger partial charge in [-0.3, -0.25) is 9.69 Å². The first-order valence-electron chi connectivity index (χ1n) is 12.1. The van der Waals surface area contributed by atoms with Crippen LogP contribution in [0.25, 0.3) is 10.4 Å². The van der Waals surface area contributed by atoms with Gasteiger partial charge in [0, 0.05) is 6.42 Å². The molecule has 6 nitrogen and oxygen atoms in total. The lowest BCUT2D eigenvalue weighted by Crippen LogP contribution is -2.45. The number of carbonyl (C=O) groups is 1. The number of aromatic nitrogens is 1. The number of amides is 1. The van der Waals surface area contributed by atoms with Gasteiger partial charge in [-0.1, -0.05) is 39.0 Å². The van der Waals surface area contributed by atoms with Gasteiger partial charge in [-0.25, -0.2) is 4.98 Å². The number of piperidine rings is 1. The zero-order valence-electron chi connectivity index (χ0n) is 20.4. The highest BCUT2D eigenvalue weighted by Crippen LogP contribution is 2.40. The Morgan fingerprint density at radius 1 is 1.18 bits per heavy atom. The molecule has 0 saturated carbocycles. The summed E-state index contributed by atoms with van der Waals surface area (Å²) in [5.41, 5.74) is 4.34. The Morgan fingerprint density at radius 2 is 1.94 bits per heavy atom. The van der Waals surface area contributed by atoms with Crippen LogP contribution in [0, 0.1) is 12.0 Å². The summed E-state index contributed by atoms with van der Waals surface area (Å²) in [6, 6.07) is 4.06. The predicted molar refractivity (Wildman–Crippen MR) is 134 cm³/mol. The van der Waals surface area contributed by atoms with Crippen LogP contribution in [0.1, 0.15) is 84.0 Å². The van der Waals surface area contributed by atoms with Gasteiger partial charge < -0.3 is 10.2 Å². The standard InChI is InChI=1S/C27H35N5O/c1-26(2)15-13-19(14-16-26)24-20(30-25(33)21-10-12-23(28-5)29-21)9-11-22(31-24)27(3,4)32-17-7-6-8-18-32/h9,11-13H,6-8,10,14-18H2,1-4H3,(H,30,33). The van der Waals surface area contributed by atoms with E-state index in [1.54, 1.807) is 6.08 Å². The molecule has 1 amide bonds. The van der Waals surface area contributed by atoms with E-state index in [-0.39, 0.29) is 22.7 Å². The number of nitrogens with zero attached hydrogens (tertiary/aromatic N) is 4. The van der Waals surface area contributed by atoms with E-state index < -0.39 is 0 Å². The molecule has 1 saturated heterocycles. The molecule has 1 fully saturated rings. The van der Waals surface area contributed by atoms with Crippen molar-refractivity contribution in [2.24, 2.45) is 10.4 Å². The highest BCUT2D eigenvalue weighted by Gasteiger charge is 2.33. The SMILES string of the molecule is [C-]#[N+]C1=CCC(C(=O)Nc2ccc(C(C)(C)N3CCCCC3)nc2C2=CCC(C)(C)CC2)=N1. The van der Waals surface area contributed by atoms with Gasteiger partial charge in [0.2, 0.25) is 0 Å². The molecule has 1 N–H and O–H groups in total. The van der Waals surface area contributed by atoms with Gasteiger partial charge in [0.05, 0.1) is 22.6 Å². The van der Waals surface area contributed by atoms with Crippen molar-refractivity contribution in [2.75, 3.05) is 18.4 Å². The summed E-state index contributed by atoms with van der Waals surface area (Å²) in [6.07, 6.45) is 11.2. The summed E-state index contributed by atoms with van der Waals surface area (Å²) in [7, 11) is 0. The van der Waals surface area contributed by atoms with E-state index in [1.165, 1.54) is 24.8 Å². The Morgan fingerprint density at radius 3 is 2.58 bits per heavy atom. The van der Waals surface area contributed by atoms with E-state index >= 15 is 0 Å². The molecule has 0 aromatic carbocycles. The maximum absolute atomic E-state index is 12.9. The Kier molecular flexibility index (Phi) is 6.54. The van der Waals surface area contributed by atoms with Crippen molar-refractivity contribution < 1.29 is 4.79 Å². The minimum absolute atomic E-state index is 0.170. The van der Waals surface area contributed by atoms with Crippen LogP contribution >= 0.6 is 0 Å². The minimum atomic E-state index is -0.257. The first-order chi connectivity index (χ1) is 15.7. The summed E-state index contributed by atoms with van der Waals surface area (Å²) in [5.74, 6) is 0.0297. The zero-order valence-corrected chi connectivity index (χ0v) is 20.4. The largest absolute Gasteiger partial charge is 0.361 e. The van der Waals surface area contributed by atoms with Crippen molar-refractivity contribution in [1.82, 2.24) is 9.88 Å². The van der Waals surface area contributed by atoms with E-state index in [2.05, 4.69) is 59.9 Å². The highest BCUT2D eigenvalue weighted by molar-refractivity contribution is 6.44. The van der Waals surface area contributed by atoms with Gasteiger partial charge in [0.1, 0.15) is 0 Å². The van der Waals surface area contributed by atoms with E-state index in [0.29, 0.717) is 12.1 Å². The second-order valence-electron chi connectivity index (χ2n) is 10.7. The molecule has 1 aromatic rings. The first kappa shape index (κ1) is 23.4. The molecule has 0 unspecified atom stereocenters. The number of carbonyl (C=O) groups excluding carboxylic acids is 1. The predicted octanol–water partition coefficient (Wildman–Crippen LogP) is 5.94. The van der Waals surface area contributed by atoms with Crippen molar-refractivity contribution >= 4 is 22.9 Å². The third kappa shape index (κ3) is 5.09. The number of nitrogens with one attached hydrogen (secondary N) is 1. The number of allylic oxidation sites excluding steroid dienone is 3. The molecule has 3 heterocycles. The smallest absolute Gasteiger partial charge is 0.294 e. The molecule has 6 heteroatoms. The average Bonchev–Trinajstić information content (AvgIpc) is 3.30. The van der Waals surface area contributed by atoms with Crippen molar-refractivity contribution in [2.45, 2.75) is 78.2 Å². The number of hydrogen-bond donors (Lipinski definition) is 1. The molecule has 33 heavy (non-hydrogen) atoms. The lowest BCUT2D eigenvalue weighted by Gasteiger charge is -2.41. The van der Waals surface area contributed by atoms with Crippen LogP contribution in [0.2, 0.25) is 0 Å². The fourth-order valence-electron chi connectivity index (χ4n) is 4.88. The monoisotopic (exact) mass is 445 g/mol. The molecule has 0 radical (unpaired) electrons. The maximum atomic E-state index is 12.9. The van der Waals surface area contributed by atoms with Crippen LogP contribution in [0.3, 0.4) is 0 Å². The summed E-state index contributed by atoms with van der Waals surface area (Å²) in [4.78, 5) is 28.1. The minimum Gasteiger partial charge on any atom is -0.361 e. The number of aliphatic imine (C=N–C) groups is 1. The normalized spacial score (nSPS) is 21.0. The average molecular weight is 446 g/mol. The molecule has 0 bridgehead atoms. The quantitative estimate of drug-likeness (QED) is 0.571. The lowest BCUT2D eigenvalue weighted by molar-refractivity contribution is -0.110. The van der Waals surface area contributed by atoms with Crippen molar-refractivity contribution in [3.8, 4) is 0 Å². The van der Waals surface area contributed by atoms with E-state index in [1.807, 2.05) is 6.07 Å². The molecular weight excluding hydrogens is 410 g/mol. The lowest BCUT2D eigenvalue weighted by atomic mass is 9.77. The van der Waals surface area contributed by atoms with Crippen LogP contribution < -0.4 is 5.32 Å². The second kappa shape index (κ2) is 9.23. The summed E-state index contributed by atoms with van der Waals surface area (Å²) in [5, 5.41) is 3.05. The van der Waals surface area contributed by atoms with Crippen LogP contribution in [-0.4, -0.2) is 34.6 Å². The molecule has 174 valence electrons. The van der Waals surface area contributed by atoms with Crippen molar-refractivity contribution in [1.29, 1.82) is 0 Å². The van der Waals surface area contributed by atoms with E-state index in [0.717, 1.165) is 49.4 Å². The fraction of sp³-hybridized carbons (Fsp3) is 0.556. The van der Waals surface area contributed by atoms with Crippen LogP contribution in [0.5, 0.6) is 0 Å². The zero-order chi connectivity index (χ0) is 23.6. The van der Waals surface area contributed by atoms with E-state index in [9.17, 15) is 4.79 Å². The molecule has 3 aliphatic rings.